The zero-order valence-corrected chi connectivity index (χ0v) is 6.46. The standard InChI is InChI=1S/C7H9N3O2/c1-2-3-8-7(12)5-4-6(11)10-9-5/h2H,1,3-4H2,(H,8,12)(H,10,11). The molecule has 5 heteroatoms. The molecular formula is C7H9N3O2. The Bertz CT molecular complexity index is 257. The van der Waals surface area contributed by atoms with E-state index in [0.717, 1.165) is 0 Å². The fraction of sp³-hybridized carbons (Fsp3) is 0.286. The lowest BCUT2D eigenvalue weighted by atomic mass is 10.2. The van der Waals surface area contributed by atoms with Gasteiger partial charge in [-0.3, -0.25) is 9.59 Å². The first-order valence-electron chi connectivity index (χ1n) is 3.48. The van der Waals surface area contributed by atoms with Gasteiger partial charge >= 0.3 is 0 Å². The van der Waals surface area contributed by atoms with Crippen LogP contribution in [-0.4, -0.2) is 24.1 Å². The second-order valence-corrected chi connectivity index (χ2v) is 2.27. The summed E-state index contributed by atoms with van der Waals surface area (Å²) in [5.41, 5.74) is 2.41. The molecule has 0 bridgehead atoms. The van der Waals surface area contributed by atoms with Crippen LogP contribution in [0.1, 0.15) is 6.42 Å². The average molecular weight is 167 g/mol. The minimum atomic E-state index is -0.326. The summed E-state index contributed by atoms with van der Waals surface area (Å²) in [6, 6.07) is 0. The van der Waals surface area contributed by atoms with Crippen molar-refractivity contribution in [2.75, 3.05) is 6.54 Å². The third-order valence-corrected chi connectivity index (χ3v) is 1.31. The smallest absolute Gasteiger partial charge is 0.268 e. The van der Waals surface area contributed by atoms with Crippen molar-refractivity contribution in [1.82, 2.24) is 10.7 Å². The highest BCUT2D eigenvalue weighted by molar-refractivity contribution is 6.43. The Morgan fingerprint density at radius 1 is 1.83 bits per heavy atom. The largest absolute Gasteiger partial charge is 0.347 e. The van der Waals surface area contributed by atoms with Crippen molar-refractivity contribution in [1.29, 1.82) is 0 Å². The first-order chi connectivity index (χ1) is 5.74. The summed E-state index contributed by atoms with van der Waals surface area (Å²) in [6.07, 6.45) is 1.62. The molecule has 0 radical (unpaired) electrons. The van der Waals surface area contributed by atoms with Crippen LogP contribution in [0.3, 0.4) is 0 Å². The molecular weight excluding hydrogens is 158 g/mol. The summed E-state index contributed by atoms with van der Waals surface area (Å²) in [5, 5.41) is 6.06. The second-order valence-electron chi connectivity index (χ2n) is 2.27. The van der Waals surface area contributed by atoms with Crippen molar-refractivity contribution >= 4 is 17.5 Å². The number of carbonyl (C=O) groups is 2. The monoisotopic (exact) mass is 167 g/mol. The van der Waals surface area contributed by atoms with Crippen LogP contribution in [0.25, 0.3) is 0 Å². The Kier molecular flexibility index (Phi) is 2.57. The van der Waals surface area contributed by atoms with E-state index >= 15 is 0 Å². The first-order valence-corrected chi connectivity index (χ1v) is 3.48. The van der Waals surface area contributed by atoms with Gasteiger partial charge in [0.05, 0.1) is 6.42 Å². The molecule has 1 aliphatic heterocycles. The van der Waals surface area contributed by atoms with E-state index in [2.05, 4.69) is 22.4 Å². The molecule has 0 saturated carbocycles. The number of carbonyl (C=O) groups excluding carboxylic acids is 2. The van der Waals surface area contributed by atoms with E-state index in [4.69, 9.17) is 0 Å². The predicted octanol–water partition coefficient (Wildman–Crippen LogP) is -0.836. The van der Waals surface area contributed by atoms with Gasteiger partial charge in [-0.1, -0.05) is 6.08 Å². The topological polar surface area (TPSA) is 70.6 Å². The van der Waals surface area contributed by atoms with Crippen molar-refractivity contribution in [2.45, 2.75) is 6.42 Å². The van der Waals surface area contributed by atoms with E-state index in [-0.39, 0.29) is 23.9 Å². The molecule has 12 heavy (non-hydrogen) atoms. The van der Waals surface area contributed by atoms with Gasteiger partial charge in [0.2, 0.25) is 5.91 Å². The highest BCUT2D eigenvalue weighted by atomic mass is 16.2. The van der Waals surface area contributed by atoms with Gasteiger partial charge in [0.1, 0.15) is 5.71 Å². The fourth-order valence-electron chi connectivity index (χ4n) is 0.759. The molecule has 0 unspecified atom stereocenters. The van der Waals surface area contributed by atoms with E-state index in [1.165, 1.54) is 0 Å². The maximum absolute atomic E-state index is 11.1. The molecule has 0 aromatic rings. The molecule has 0 saturated heterocycles. The van der Waals surface area contributed by atoms with E-state index in [1.807, 2.05) is 0 Å². The second kappa shape index (κ2) is 3.66. The number of rotatable bonds is 3. The number of nitrogens with zero attached hydrogens (tertiary/aromatic N) is 1. The van der Waals surface area contributed by atoms with Crippen molar-refractivity contribution in [3.63, 3.8) is 0 Å². The van der Waals surface area contributed by atoms with Crippen molar-refractivity contribution in [3.05, 3.63) is 12.7 Å². The van der Waals surface area contributed by atoms with Gasteiger partial charge in [0, 0.05) is 6.54 Å². The minimum Gasteiger partial charge on any atom is -0.347 e. The van der Waals surface area contributed by atoms with Crippen LogP contribution >= 0.6 is 0 Å². The molecule has 1 heterocycles. The molecule has 2 amide bonds. The Morgan fingerprint density at radius 3 is 3.08 bits per heavy atom. The lowest BCUT2D eigenvalue weighted by Crippen LogP contribution is -2.30. The van der Waals surface area contributed by atoms with Gasteiger partial charge in [-0.05, 0) is 0 Å². The van der Waals surface area contributed by atoms with Gasteiger partial charge in [0.25, 0.3) is 5.91 Å². The van der Waals surface area contributed by atoms with Crippen LogP contribution in [0, 0.1) is 0 Å². The van der Waals surface area contributed by atoms with Crippen LogP contribution in [0.2, 0.25) is 0 Å². The van der Waals surface area contributed by atoms with E-state index in [0.29, 0.717) is 6.54 Å². The Labute approximate surface area is 69.5 Å². The maximum Gasteiger partial charge on any atom is 0.268 e. The summed E-state index contributed by atoms with van der Waals surface area (Å²) in [6.45, 7) is 3.82. The van der Waals surface area contributed by atoms with Crippen molar-refractivity contribution < 1.29 is 9.59 Å². The van der Waals surface area contributed by atoms with Gasteiger partial charge < -0.3 is 5.32 Å². The number of hydrazone groups is 1. The van der Waals surface area contributed by atoms with E-state index < -0.39 is 0 Å². The number of amides is 2. The minimum absolute atomic E-state index is 0.0585. The van der Waals surface area contributed by atoms with Crippen LogP contribution in [0.4, 0.5) is 0 Å². The SMILES string of the molecule is C=CCNC(=O)C1=NNC(=O)C1. The summed E-state index contributed by atoms with van der Waals surface area (Å²) in [5.74, 6) is -0.577. The van der Waals surface area contributed by atoms with Gasteiger partial charge in [-0.25, -0.2) is 5.43 Å². The van der Waals surface area contributed by atoms with Crippen molar-refractivity contribution in [2.24, 2.45) is 5.10 Å². The van der Waals surface area contributed by atoms with E-state index in [9.17, 15) is 9.59 Å². The summed E-state index contributed by atoms with van der Waals surface area (Å²) in [7, 11) is 0. The Hall–Kier alpha value is -1.65. The highest BCUT2D eigenvalue weighted by Gasteiger charge is 2.20. The summed E-state index contributed by atoms with van der Waals surface area (Å²) in [4.78, 5) is 21.7. The maximum atomic E-state index is 11.1. The number of nitrogens with one attached hydrogen (secondary N) is 2. The zero-order valence-electron chi connectivity index (χ0n) is 6.46. The van der Waals surface area contributed by atoms with Crippen LogP contribution in [0.5, 0.6) is 0 Å². The molecule has 1 aliphatic rings. The molecule has 64 valence electrons. The van der Waals surface area contributed by atoms with Crippen molar-refractivity contribution in [3.8, 4) is 0 Å². The molecule has 0 aromatic carbocycles. The summed E-state index contributed by atoms with van der Waals surface area (Å²) < 4.78 is 0. The molecule has 0 aliphatic carbocycles. The van der Waals surface area contributed by atoms with Crippen LogP contribution in [0.15, 0.2) is 17.8 Å². The first kappa shape index (κ1) is 8.45. The van der Waals surface area contributed by atoms with Crippen LogP contribution < -0.4 is 10.7 Å². The highest BCUT2D eigenvalue weighted by Crippen LogP contribution is 1.94. The quantitative estimate of drug-likeness (QED) is 0.538. The number of hydrogen-bond acceptors (Lipinski definition) is 3. The fourth-order valence-corrected chi connectivity index (χ4v) is 0.759. The van der Waals surface area contributed by atoms with Crippen LogP contribution in [-0.2, 0) is 9.59 Å². The van der Waals surface area contributed by atoms with Gasteiger partial charge in [-0.15, -0.1) is 6.58 Å². The predicted molar refractivity (Wildman–Crippen MR) is 43.4 cm³/mol. The summed E-state index contributed by atoms with van der Waals surface area (Å²) >= 11 is 0. The molecule has 0 atom stereocenters. The zero-order chi connectivity index (χ0) is 8.97. The molecule has 1 rings (SSSR count). The van der Waals surface area contributed by atoms with Gasteiger partial charge in [-0.2, -0.15) is 5.10 Å². The normalized spacial score (nSPS) is 15.0. The molecule has 2 N–H and O–H groups in total. The average Bonchev–Trinajstić information content (AvgIpc) is 2.47. The molecule has 0 aromatic heterocycles. The third kappa shape index (κ3) is 1.91. The van der Waals surface area contributed by atoms with Gasteiger partial charge in [0.15, 0.2) is 0 Å². The number of hydrogen-bond donors (Lipinski definition) is 2. The molecule has 0 fully saturated rings. The third-order valence-electron chi connectivity index (χ3n) is 1.31. The Morgan fingerprint density at radius 2 is 2.58 bits per heavy atom. The molecule has 5 nitrogen and oxygen atoms in total. The molecule has 0 spiro atoms. The Balaban J connectivity index is 2.43. The lowest BCUT2D eigenvalue weighted by molar-refractivity contribution is -0.120. The lowest BCUT2D eigenvalue weighted by Gasteiger charge is -1.97. The van der Waals surface area contributed by atoms with E-state index in [1.54, 1.807) is 6.08 Å².